The lowest BCUT2D eigenvalue weighted by Gasteiger charge is -2.18. The number of hydrogen-bond acceptors (Lipinski definition) is 5. The van der Waals surface area contributed by atoms with Crippen LogP contribution in [0.4, 0.5) is 0 Å². The molecule has 0 aliphatic rings. The lowest BCUT2D eigenvalue weighted by atomic mass is 10.3. The average molecular weight is 276 g/mol. The predicted octanol–water partition coefficient (Wildman–Crippen LogP) is 0.869. The van der Waals surface area contributed by atoms with E-state index in [1.807, 2.05) is 18.7 Å². The fourth-order valence-corrected chi connectivity index (χ4v) is 2.39. The molecule has 0 rings (SSSR count). The molecule has 0 aliphatic heterocycles. The van der Waals surface area contributed by atoms with E-state index in [-0.39, 0.29) is 11.9 Å². The summed E-state index contributed by atoms with van der Waals surface area (Å²) >= 11 is 1.58. The first kappa shape index (κ1) is 17.2. The van der Waals surface area contributed by atoms with Crippen molar-refractivity contribution < 1.29 is 14.3 Å². The highest BCUT2D eigenvalue weighted by Crippen LogP contribution is 2.08. The van der Waals surface area contributed by atoms with Crippen molar-refractivity contribution in [3.63, 3.8) is 0 Å². The van der Waals surface area contributed by atoms with Crippen LogP contribution < -0.4 is 5.73 Å². The Bertz CT molecular complexity index is 258. The minimum atomic E-state index is -0.571. The van der Waals surface area contributed by atoms with Crippen LogP contribution in [0.5, 0.6) is 0 Å². The van der Waals surface area contributed by atoms with E-state index in [4.69, 9.17) is 5.73 Å². The van der Waals surface area contributed by atoms with Crippen LogP contribution in [-0.4, -0.2) is 54.5 Å². The molecule has 0 aromatic rings. The summed E-state index contributed by atoms with van der Waals surface area (Å²) in [5.74, 6) is 1.17. The van der Waals surface area contributed by atoms with Crippen molar-refractivity contribution in [1.82, 2.24) is 4.90 Å². The van der Waals surface area contributed by atoms with Gasteiger partial charge in [0, 0.05) is 25.3 Å². The quantitative estimate of drug-likeness (QED) is 0.500. The minimum Gasteiger partial charge on any atom is -0.468 e. The van der Waals surface area contributed by atoms with Gasteiger partial charge in [0.25, 0.3) is 0 Å². The lowest BCUT2D eigenvalue weighted by Crippen LogP contribution is -2.34. The molecule has 5 nitrogen and oxygen atoms in total. The second-order valence-corrected chi connectivity index (χ2v) is 5.02. The molecule has 0 aromatic heterocycles. The van der Waals surface area contributed by atoms with Gasteiger partial charge in [-0.05, 0) is 26.0 Å². The number of carbonyl (C=O) groups is 2. The topological polar surface area (TPSA) is 72.6 Å². The summed E-state index contributed by atoms with van der Waals surface area (Å²) in [6.45, 7) is 5.47. The number of rotatable bonds is 9. The highest BCUT2D eigenvalue weighted by molar-refractivity contribution is 7.99. The van der Waals surface area contributed by atoms with E-state index in [0.717, 1.165) is 25.3 Å². The molecule has 0 heterocycles. The molecule has 6 heteroatoms. The van der Waals surface area contributed by atoms with Crippen molar-refractivity contribution in [2.45, 2.75) is 32.7 Å². The molecule has 18 heavy (non-hydrogen) atoms. The zero-order chi connectivity index (χ0) is 14.0. The Labute approximate surface area is 113 Å². The van der Waals surface area contributed by atoms with Gasteiger partial charge in [0.05, 0.1) is 7.11 Å². The third-order valence-corrected chi connectivity index (χ3v) is 3.77. The molecular weight excluding hydrogens is 252 g/mol. The Morgan fingerprint density at radius 2 is 1.94 bits per heavy atom. The molecule has 0 spiro atoms. The predicted molar refractivity (Wildman–Crippen MR) is 74.5 cm³/mol. The van der Waals surface area contributed by atoms with Gasteiger partial charge in [-0.3, -0.25) is 9.59 Å². The van der Waals surface area contributed by atoms with Crippen molar-refractivity contribution >= 4 is 23.6 Å². The van der Waals surface area contributed by atoms with E-state index < -0.39 is 6.04 Å². The van der Waals surface area contributed by atoms with Crippen LogP contribution >= 0.6 is 11.8 Å². The first-order chi connectivity index (χ1) is 8.56. The number of carbonyl (C=O) groups excluding carboxylic acids is 2. The maximum Gasteiger partial charge on any atom is 0.323 e. The maximum absolute atomic E-state index is 11.7. The SMILES string of the molecule is CCN(CC)C(=O)CCCSCC(N)C(=O)OC. The maximum atomic E-state index is 11.7. The first-order valence-corrected chi connectivity index (χ1v) is 7.41. The number of methoxy groups -OCH3 is 1. The average Bonchev–Trinajstić information content (AvgIpc) is 2.38. The summed E-state index contributed by atoms with van der Waals surface area (Å²) in [4.78, 5) is 24.5. The number of esters is 1. The summed E-state index contributed by atoms with van der Waals surface area (Å²) < 4.78 is 4.53. The largest absolute Gasteiger partial charge is 0.468 e. The van der Waals surface area contributed by atoms with Gasteiger partial charge in [0.1, 0.15) is 6.04 Å². The summed E-state index contributed by atoms with van der Waals surface area (Å²) in [7, 11) is 1.33. The van der Waals surface area contributed by atoms with Gasteiger partial charge < -0.3 is 15.4 Å². The Morgan fingerprint density at radius 1 is 1.33 bits per heavy atom. The Hall–Kier alpha value is -0.750. The van der Waals surface area contributed by atoms with Gasteiger partial charge in [-0.25, -0.2) is 0 Å². The van der Waals surface area contributed by atoms with E-state index in [0.29, 0.717) is 12.2 Å². The third kappa shape index (κ3) is 6.86. The number of ether oxygens (including phenoxy) is 1. The Balaban J connectivity index is 3.62. The molecule has 0 aromatic carbocycles. The van der Waals surface area contributed by atoms with E-state index in [2.05, 4.69) is 4.74 Å². The fourth-order valence-electron chi connectivity index (χ4n) is 1.49. The molecule has 1 atom stereocenters. The van der Waals surface area contributed by atoms with Crippen LogP contribution in [0.15, 0.2) is 0 Å². The van der Waals surface area contributed by atoms with Crippen LogP contribution in [-0.2, 0) is 14.3 Å². The molecular formula is C12H24N2O3S. The monoisotopic (exact) mass is 276 g/mol. The molecule has 1 unspecified atom stereocenters. The van der Waals surface area contributed by atoms with Crippen LogP contribution in [0, 0.1) is 0 Å². The highest BCUT2D eigenvalue weighted by atomic mass is 32.2. The summed E-state index contributed by atoms with van der Waals surface area (Å²) in [6.07, 6.45) is 1.37. The zero-order valence-electron chi connectivity index (χ0n) is 11.5. The lowest BCUT2D eigenvalue weighted by molar-refractivity contribution is -0.141. The highest BCUT2D eigenvalue weighted by Gasteiger charge is 2.13. The number of thioether (sulfide) groups is 1. The minimum absolute atomic E-state index is 0.192. The third-order valence-electron chi connectivity index (χ3n) is 2.60. The van der Waals surface area contributed by atoms with Crippen LogP contribution in [0.2, 0.25) is 0 Å². The van der Waals surface area contributed by atoms with Gasteiger partial charge in [0.2, 0.25) is 5.91 Å². The normalized spacial score (nSPS) is 12.0. The summed E-state index contributed by atoms with van der Waals surface area (Å²) in [5.41, 5.74) is 5.59. The van der Waals surface area contributed by atoms with E-state index in [1.54, 1.807) is 11.8 Å². The van der Waals surface area contributed by atoms with Crippen molar-refractivity contribution in [3.05, 3.63) is 0 Å². The van der Waals surface area contributed by atoms with Gasteiger partial charge in [-0.1, -0.05) is 0 Å². The van der Waals surface area contributed by atoms with Crippen LogP contribution in [0.1, 0.15) is 26.7 Å². The van der Waals surface area contributed by atoms with E-state index in [9.17, 15) is 9.59 Å². The van der Waals surface area contributed by atoms with E-state index >= 15 is 0 Å². The molecule has 2 N–H and O–H groups in total. The molecule has 106 valence electrons. The molecule has 0 saturated heterocycles. The Kier molecular flexibility index (Phi) is 9.77. The van der Waals surface area contributed by atoms with Crippen molar-refractivity contribution in [2.75, 3.05) is 31.7 Å². The Morgan fingerprint density at radius 3 is 2.44 bits per heavy atom. The van der Waals surface area contributed by atoms with Crippen LogP contribution in [0.25, 0.3) is 0 Å². The van der Waals surface area contributed by atoms with Crippen LogP contribution in [0.3, 0.4) is 0 Å². The molecule has 0 radical (unpaired) electrons. The van der Waals surface area contributed by atoms with Gasteiger partial charge in [-0.2, -0.15) is 11.8 Å². The molecule has 1 amide bonds. The van der Waals surface area contributed by atoms with Crippen molar-refractivity contribution in [3.8, 4) is 0 Å². The van der Waals surface area contributed by atoms with Gasteiger partial charge in [0.15, 0.2) is 0 Å². The zero-order valence-corrected chi connectivity index (χ0v) is 12.3. The number of nitrogens with zero attached hydrogens (tertiary/aromatic N) is 1. The molecule has 0 bridgehead atoms. The van der Waals surface area contributed by atoms with Crippen molar-refractivity contribution in [2.24, 2.45) is 5.73 Å². The van der Waals surface area contributed by atoms with Crippen molar-refractivity contribution in [1.29, 1.82) is 0 Å². The van der Waals surface area contributed by atoms with Gasteiger partial charge >= 0.3 is 5.97 Å². The summed E-state index contributed by atoms with van der Waals surface area (Å²) in [5, 5.41) is 0. The molecule has 0 aliphatic carbocycles. The molecule has 0 fully saturated rings. The second-order valence-electron chi connectivity index (χ2n) is 3.87. The standard InChI is InChI=1S/C12H24N2O3S/c1-4-14(5-2)11(15)7-6-8-18-9-10(13)12(16)17-3/h10H,4-9,13H2,1-3H3. The molecule has 0 saturated carbocycles. The first-order valence-electron chi connectivity index (χ1n) is 6.25. The second kappa shape index (κ2) is 10.2. The summed E-state index contributed by atoms with van der Waals surface area (Å²) in [6, 6.07) is -0.571. The number of nitrogens with two attached hydrogens (primary N) is 1. The number of amides is 1. The number of hydrogen-bond donors (Lipinski definition) is 1. The van der Waals surface area contributed by atoms with E-state index in [1.165, 1.54) is 7.11 Å². The fraction of sp³-hybridized carbons (Fsp3) is 0.833. The van der Waals surface area contributed by atoms with Gasteiger partial charge in [-0.15, -0.1) is 0 Å². The smallest absolute Gasteiger partial charge is 0.323 e.